The monoisotopic (exact) mass is 787 g/mol. The molecule has 0 N–H and O–H groups in total. The zero-order valence-electron chi connectivity index (χ0n) is 37.7. The van der Waals surface area contributed by atoms with Crippen LogP contribution in [0, 0.1) is 17.8 Å². The van der Waals surface area contributed by atoms with Gasteiger partial charge in [0, 0.05) is 22.7 Å². The lowest BCUT2D eigenvalue weighted by atomic mass is 9.43. The van der Waals surface area contributed by atoms with Crippen LogP contribution in [0.5, 0.6) is 0 Å². The quantitative estimate of drug-likeness (QED) is 0.0547. The van der Waals surface area contributed by atoms with E-state index in [2.05, 4.69) is 186 Å². The molecule has 0 saturated heterocycles. The number of unbranched alkanes of at least 4 members (excludes halogenated alkanes) is 6. The highest BCUT2D eigenvalue weighted by Gasteiger charge is 2.72. The van der Waals surface area contributed by atoms with Crippen molar-refractivity contribution in [2.75, 3.05) is 0 Å². The first kappa shape index (κ1) is 44.6. The van der Waals surface area contributed by atoms with E-state index in [1.807, 2.05) is 0 Å². The highest BCUT2D eigenvalue weighted by atomic mass is 14.7. The first-order chi connectivity index (χ1) is 29.1. The second-order valence-corrected chi connectivity index (χ2v) is 18.3. The van der Waals surface area contributed by atoms with E-state index in [0.29, 0.717) is 11.8 Å². The van der Waals surface area contributed by atoms with Gasteiger partial charge in [0.1, 0.15) is 0 Å². The van der Waals surface area contributed by atoms with Crippen molar-refractivity contribution in [3.63, 3.8) is 0 Å². The predicted octanol–water partition coefficient (Wildman–Crippen LogP) is 17.4. The summed E-state index contributed by atoms with van der Waals surface area (Å²) in [6, 6.07) is 60.3. The molecule has 1 saturated carbocycles. The largest absolute Gasteiger partial charge is 0.0654 e. The van der Waals surface area contributed by atoms with Crippen molar-refractivity contribution in [3.05, 3.63) is 179 Å². The summed E-state index contributed by atoms with van der Waals surface area (Å²) in [5, 5.41) is 0. The Morgan fingerprint density at radius 1 is 0.390 bits per heavy atom. The molecule has 0 amide bonds. The van der Waals surface area contributed by atoms with Gasteiger partial charge in [0.15, 0.2) is 0 Å². The van der Waals surface area contributed by atoms with Crippen molar-refractivity contribution in [2.45, 2.75) is 166 Å². The van der Waals surface area contributed by atoms with Gasteiger partial charge < -0.3 is 0 Å². The van der Waals surface area contributed by atoms with Crippen LogP contribution in [0.25, 0.3) is 0 Å². The van der Waals surface area contributed by atoms with E-state index in [0.717, 1.165) is 12.3 Å². The summed E-state index contributed by atoms with van der Waals surface area (Å²) in [6.45, 7) is 12.1. The first-order valence-corrected chi connectivity index (χ1v) is 24.4. The van der Waals surface area contributed by atoms with Gasteiger partial charge in [0.25, 0.3) is 0 Å². The van der Waals surface area contributed by atoms with Gasteiger partial charge in [0.2, 0.25) is 0 Å². The third kappa shape index (κ3) is 9.38. The van der Waals surface area contributed by atoms with Gasteiger partial charge in [0.05, 0.1) is 0 Å². The van der Waals surface area contributed by atoms with Crippen molar-refractivity contribution in [3.8, 4) is 0 Å². The molecule has 1 fully saturated rings. The molecule has 0 radical (unpaired) electrons. The van der Waals surface area contributed by atoms with Crippen LogP contribution in [-0.2, 0) is 10.8 Å². The van der Waals surface area contributed by atoms with E-state index in [1.165, 1.54) is 113 Å². The zero-order valence-corrected chi connectivity index (χ0v) is 37.7. The minimum absolute atomic E-state index is 0.199. The molecule has 0 bridgehead atoms. The lowest BCUT2D eigenvalue weighted by Crippen LogP contribution is -2.57. The van der Waals surface area contributed by atoms with Crippen molar-refractivity contribution in [2.24, 2.45) is 17.8 Å². The van der Waals surface area contributed by atoms with Gasteiger partial charge in [-0.1, -0.05) is 270 Å². The fourth-order valence-electron chi connectivity index (χ4n) is 12.8. The molecule has 5 aromatic carbocycles. The normalized spacial score (nSPS) is 23.2. The SMILES string of the molecule is CCCCCC(CCCC)C(CCCC)C(CCCC)C1(c2ccccc2)C(c2ccccc2)C(c2ccccc2)C(c2ccccc2)C1(CCCC)c1ccccc1. The number of hydrogen-bond donors (Lipinski definition) is 0. The minimum atomic E-state index is -0.212. The van der Waals surface area contributed by atoms with Gasteiger partial charge in [-0.05, 0) is 70.8 Å². The van der Waals surface area contributed by atoms with Crippen LogP contribution in [0.2, 0.25) is 0 Å². The Labute approximate surface area is 361 Å². The Bertz CT molecular complexity index is 1850. The van der Waals surface area contributed by atoms with Gasteiger partial charge >= 0.3 is 0 Å². The summed E-state index contributed by atoms with van der Waals surface area (Å²) >= 11 is 0. The molecule has 0 aliphatic heterocycles. The Morgan fingerprint density at radius 3 is 1.34 bits per heavy atom. The summed E-state index contributed by atoms with van der Waals surface area (Å²) < 4.78 is 0. The second-order valence-electron chi connectivity index (χ2n) is 18.3. The van der Waals surface area contributed by atoms with Crippen molar-refractivity contribution in [1.29, 1.82) is 0 Å². The summed E-state index contributed by atoms with van der Waals surface area (Å²) in [5.41, 5.74) is 7.24. The Kier molecular flexibility index (Phi) is 17.1. The highest BCUT2D eigenvalue weighted by Crippen LogP contribution is 2.77. The topological polar surface area (TPSA) is 0 Å². The summed E-state index contributed by atoms with van der Waals surface area (Å²) in [4.78, 5) is 0. The van der Waals surface area contributed by atoms with E-state index in [1.54, 1.807) is 11.1 Å². The maximum atomic E-state index is 2.61. The maximum absolute atomic E-state index is 2.61. The fourth-order valence-corrected chi connectivity index (χ4v) is 12.8. The molecule has 8 atom stereocenters. The van der Waals surface area contributed by atoms with Gasteiger partial charge in [-0.15, -0.1) is 0 Å². The number of rotatable bonds is 24. The van der Waals surface area contributed by atoms with E-state index in [9.17, 15) is 0 Å². The molecule has 6 rings (SSSR count). The molecular formula is C59H78. The van der Waals surface area contributed by atoms with E-state index < -0.39 is 0 Å². The standard InChI is InChI=1S/C59H78/c1-6-11-21-33-47(32-12-7-2)53(44-13-8-3)54(45-14-9-4)59(52-42-30-20-31-43-52)57(50-38-26-18-27-39-50)55(48-34-22-16-23-35-48)56(49-36-24-17-25-37-49)58(59,46-15-10-5)51-40-28-19-29-41-51/h16-20,22-31,34-43,47,53-57H,6-15,21,32-33,44-46H2,1-5H3. The Hall–Kier alpha value is -3.90. The van der Waals surface area contributed by atoms with Gasteiger partial charge in [-0.3, -0.25) is 0 Å². The molecule has 0 spiro atoms. The molecule has 5 aromatic rings. The molecule has 59 heavy (non-hydrogen) atoms. The molecule has 1 aliphatic carbocycles. The van der Waals surface area contributed by atoms with Crippen molar-refractivity contribution in [1.82, 2.24) is 0 Å². The van der Waals surface area contributed by atoms with E-state index >= 15 is 0 Å². The fraction of sp³-hybridized carbons (Fsp3) is 0.492. The average molecular weight is 787 g/mol. The minimum Gasteiger partial charge on any atom is -0.0654 e. The molecule has 314 valence electrons. The molecule has 0 aromatic heterocycles. The van der Waals surface area contributed by atoms with Crippen LogP contribution < -0.4 is 0 Å². The third-order valence-corrected chi connectivity index (χ3v) is 15.0. The molecule has 1 aliphatic rings. The number of benzene rings is 5. The zero-order chi connectivity index (χ0) is 41.3. The van der Waals surface area contributed by atoms with Crippen LogP contribution >= 0.6 is 0 Å². The molecule has 8 unspecified atom stereocenters. The second kappa shape index (κ2) is 22.6. The van der Waals surface area contributed by atoms with E-state index in [4.69, 9.17) is 0 Å². The molecule has 0 heterocycles. The molecule has 0 nitrogen and oxygen atoms in total. The molecule has 0 heteroatoms. The summed E-state index contributed by atoms with van der Waals surface area (Å²) in [7, 11) is 0. The predicted molar refractivity (Wildman–Crippen MR) is 257 cm³/mol. The summed E-state index contributed by atoms with van der Waals surface area (Å²) in [6.07, 6.45) is 20.5. The Morgan fingerprint density at radius 2 is 0.814 bits per heavy atom. The van der Waals surface area contributed by atoms with Crippen molar-refractivity contribution < 1.29 is 0 Å². The smallest absolute Gasteiger partial charge is 0.0161 e. The first-order valence-electron chi connectivity index (χ1n) is 24.4. The molecular weight excluding hydrogens is 709 g/mol. The lowest BCUT2D eigenvalue weighted by molar-refractivity contribution is 0.0334. The maximum Gasteiger partial charge on any atom is 0.0161 e. The van der Waals surface area contributed by atoms with Crippen LogP contribution in [0.1, 0.15) is 183 Å². The van der Waals surface area contributed by atoms with Crippen molar-refractivity contribution >= 4 is 0 Å². The van der Waals surface area contributed by atoms with Crippen LogP contribution in [0.15, 0.2) is 152 Å². The van der Waals surface area contributed by atoms with Crippen LogP contribution in [0.3, 0.4) is 0 Å². The lowest BCUT2D eigenvalue weighted by Gasteiger charge is -2.59. The van der Waals surface area contributed by atoms with E-state index in [-0.39, 0.29) is 28.6 Å². The average Bonchev–Trinajstić information content (AvgIpc) is 3.58. The van der Waals surface area contributed by atoms with Crippen LogP contribution in [-0.4, -0.2) is 0 Å². The summed E-state index contributed by atoms with van der Waals surface area (Å²) in [5.74, 6) is 2.62. The van der Waals surface area contributed by atoms with Gasteiger partial charge in [-0.25, -0.2) is 0 Å². The Balaban J connectivity index is 1.88. The number of hydrogen-bond acceptors (Lipinski definition) is 0. The van der Waals surface area contributed by atoms with Gasteiger partial charge in [-0.2, -0.15) is 0 Å². The van der Waals surface area contributed by atoms with Crippen LogP contribution in [0.4, 0.5) is 0 Å². The third-order valence-electron chi connectivity index (χ3n) is 15.0. The highest BCUT2D eigenvalue weighted by molar-refractivity contribution is 5.57.